The third-order valence-electron chi connectivity index (χ3n) is 1.97. The van der Waals surface area contributed by atoms with Crippen molar-refractivity contribution in [1.82, 2.24) is 0 Å². The summed E-state index contributed by atoms with van der Waals surface area (Å²) in [6.45, 7) is 1.54. The molecule has 0 unspecified atom stereocenters. The average Bonchev–Trinajstić information content (AvgIpc) is 2.72. The van der Waals surface area contributed by atoms with Gasteiger partial charge in [-0.15, -0.1) is 0 Å². The van der Waals surface area contributed by atoms with Crippen LogP contribution in [0.3, 0.4) is 0 Å². The van der Waals surface area contributed by atoms with E-state index in [0.717, 1.165) is 5.56 Å². The Balaban J connectivity index is 2.25. The highest BCUT2D eigenvalue weighted by atomic mass is 16.7. The molecular formula is C10H10O4. The van der Waals surface area contributed by atoms with Crippen molar-refractivity contribution in [2.75, 3.05) is 13.2 Å². The van der Waals surface area contributed by atoms with E-state index in [1.165, 1.54) is 0 Å². The summed E-state index contributed by atoms with van der Waals surface area (Å²) in [5.74, 6) is 0.481. The largest absolute Gasteiger partial charge is 0.428 e. The van der Waals surface area contributed by atoms with Gasteiger partial charge >= 0.3 is 0 Å². The molecule has 2 rings (SSSR count). The molecule has 1 aliphatic heterocycles. The van der Waals surface area contributed by atoms with Gasteiger partial charge in [0.25, 0.3) is 6.47 Å². The van der Waals surface area contributed by atoms with E-state index in [4.69, 9.17) is 14.2 Å². The van der Waals surface area contributed by atoms with Crippen LogP contribution in [0.1, 0.15) is 11.9 Å². The van der Waals surface area contributed by atoms with Crippen molar-refractivity contribution >= 4 is 6.47 Å². The lowest BCUT2D eigenvalue weighted by Crippen LogP contribution is -2.02. The zero-order valence-electron chi connectivity index (χ0n) is 7.51. The van der Waals surface area contributed by atoms with E-state index in [9.17, 15) is 4.79 Å². The van der Waals surface area contributed by atoms with Gasteiger partial charge in [-0.2, -0.15) is 0 Å². The van der Waals surface area contributed by atoms with Crippen LogP contribution in [-0.2, 0) is 14.3 Å². The molecule has 0 spiro atoms. The van der Waals surface area contributed by atoms with Crippen LogP contribution in [0.5, 0.6) is 5.75 Å². The summed E-state index contributed by atoms with van der Waals surface area (Å²) in [6, 6.07) is 7.15. The van der Waals surface area contributed by atoms with Gasteiger partial charge in [0.15, 0.2) is 6.29 Å². The van der Waals surface area contributed by atoms with E-state index in [0.29, 0.717) is 25.4 Å². The van der Waals surface area contributed by atoms with Crippen LogP contribution >= 0.6 is 0 Å². The van der Waals surface area contributed by atoms with E-state index in [-0.39, 0.29) is 0 Å². The van der Waals surface area contributed by atoms with Gasteiger partial charge < -0.3 is 14.2 Å². The van der Waals surface area contributed by atoms with E-state index in [1.54, 1.807) is 12.1 Å². The van der Waals surface area contributed by atoms with E-state index >= 15 is 0 Å². The molecule has 14 heavy (non-hydrogen) atoms. The Bertz CT molecular complexity index is 318. The first-order chi connectivity index (χ1) is 6.92. The van der Waals surface area contributed by atoms with Gasteiger partial charge in [-0.05, 0) is 6.07 Å². The molecule has 0 aromatic heterocycles. The number of carbonyl (C=O) groups excluding carboxylic acids is 1. The maximum Gasteiger partial charge on any atom is 0.298 e. The minimum atomic E-state index is -0.411. The highest BCUT2D eigenvalue weighted by Crippen LogP contribution is 2.30. The van der Waals surface area contributed by atoms with Crippen LogP contribution in [0.25, 0.3) is 0 Å². The van der Waals surface area contributed by atoms with Crippen molar-refractivity contribution < 1.29 is 19.0 Å². The van der Waals surface area contributed by atoms with Crippen molar-refractivity contribution in [2.45, 2.75) is 6.29 Å². The quantitative estimate of drug-likeness (QED) is 0.679. The van der Waals surface area contributed by atoms with Crippen molar-refractivity contribution in [3.05, 3.63) is 29.8 Å². The third kappa shape index (κ3) is 1.76. The minimum absolute atomic E-state index is 0.397. The third-order valence-corrected chi connectivity index (χ3v) is 1.97. The van der Waals surface area contributed by atoms with Crippen molar-refractivity contribution in [2.24, 2.45) is 0 Å². The zero-order chi connectivity index (χ0) is 9.80. The van der Waals surface area contributed by atoms with Crippen LogP contribution in [0.4, 0.5) is 0 Å². The second-order valence-corrected chi connectivity index (χ2v) is 2.83. The first-order valence-corrected chi connectivity index (χ1v) is 4.34. The molecule has 4 nitrogen and oxygen atoms in total. The van der Waals surface area contributed by atoms with Gasteiger partial charge in [0.05, 0.1) is 18.8 Å². The van der Waals surface area contributed by atoms with Crippen LogP contribution in [0.2, 0.25) is 0 Å². The number of carbonyl (C=O) groups is 1. The maximum absolute atomic E-state index is 10.2. The molecule has 1 aromatic carbocycles. The second-order valence-electron chi connectivity index (χ2n) is 2.83. The number of benzene rings is 1. The smallest absolute Gasteiger partial charge is 0.298 e. The average molecular weight is 194 g/mol. The lowest BCUT2D eigenvalue weighted by Gasteiger charge is -2.12. The summed E-state index contributed by atoms with van der Waals surface area (Å²) in [7, 11) is 0. The van der Waals surface area contributed by atoms with Crippen LogP contribution < -0.4 is 4.74 Å². The zero-order valence-corrected chi connectivity index (χ0v) is 7.51. The van der Waals surface area contributed by atoms with Gasteiger partial charge in [0.1, 0.15) is 5.75 Å². The van der Waals surface area contributed by atoms with E-state index in [2.05, 4.69) is 0 Å². The summed E-state index contributed by atoms with van der Waals surface area (Å²) < 4.78 is 15.4. The monoisotopic (exact) mass is 194 g/mol. The Morgan fingerprint density at radius 2 is 2.00 bits per heavy atom. The summed E-state index contributed by atoms with van der Waals surface area (Å²) in [4.78, 5) is 10.2. The van der Waals surface area contributed by atoms with Crippen LogP contribution in [0.15, 0.2) is 24.3 Å². The highest BCUT2D eigenvalue weighted by Gasteiger charge is 2.21. The first kappa shape index (κ1) is 9.18. The van der Waals surface area contributed by atoms with Gasteiger partial charge in [-0.3, -0.25) is 4.79 Å². The van der Waals surface area contributed by atoms with Gasteiger partial charge in [0, 0.05) is 0 Å². The van der Waals surface area contributed by atoms with Crippen molar-refractivity contribution in [3.8, 4) is 5.75 Å². The predicted octanol–water partition coefficient (Wildman–Crippen LogP) is 1.27. The maximum atomic E-state index is 10.2. The van der Waals surface area contributed by atoms with E-state index < -0.39 is 6.29 Å². The Morgan fingerprint density at radius 1 is 1.29 bits per heavy atom. The molecular weight excluding hydrogens is 184 g/mol. The Labute approximate surface area is 81.4 Å². The lowest BCUT2D eigenvalue weighted by atomic mass is 10.2. The molecule has 1 aliphatic rings. The molecule has 1 fully saturated rings. The molecule has 1 saturated heterocycles. The molecule has 0 aliphatic carbocycles. The summed E-state index contributed by atoms with van der Waals surface area (Å²) in [6.07, 6.45) is -0.411. The molecule has 0 radical (unpaired) electrons. The van der Waals surface area contributed by atoms with E-state index in [1.807, 2.05) is 12.1 Å². The topological polar surface area (TPSA) is 44.8 Å². The first-order valence-electron chi connectivity index (χ1n) is 4.34. The number of hydrogen-bond acceptors (Lipinski definition) is 4. The molecule has 0 atom stereocenters. The fraction of sp³-hybridized carbons (Fsp3) is 0.300. The lowest BCUT2D eigenvalue weighted by molar-refractivity contribution is -0.121. The molecule has 1 heterocycles. The molecule has 0 saturated carbocycles. The molecule has 4 heteroatoms. The standard InChI is InChI=1S/C10H10O4/c11-7-14-9-4-2-1-3-8(9)10-12-5-6-13-10/h1-4,7,10H,5-6H2. The summed E-state index contributed by atoms with van der Waals surface area (Å²) >= 11 is 0. The van der Waals surface area contributed by atoms with Gasteiger partial charge in [-0.1, -0.05) is 18.2 Å². The Kier molecular flexibility index (Phi) is 2.76. The number of ether oxygens (including phenoxy) is 3. The normalized spacial score (nSPS) is 16.9. The number of para-hydroxylation sites is 1. The fourth-order valence-electron chi connectivity index (χ4n) is 1.37. The van der Waals surface area contributed by atoms with Gasteiger partial charge in [-0.25, -0.2) is 0 Å². The minimum Gasteiger partial charge on any atom is -0.428 e. The molecule has 0 bridgehead atoms. The Hall–Kier alpha value is -1.39. The predicted molar refractivity (Wildman–Crippen MR) is 47.8 cm³/mol. The number of rotatable bonds is 3. The molecule has 74 valence electrons. The van der Waals surface area contributed by atoms with Gasteiger partial charge in [0.2, 0.25) is 0 Å². The fourth-order valence-corrected chi connectivity index (χ4v) is 1.37. The number of hydrogen-bond donors (Lipinski definition) is 0. The highest BCUT2D eigenvalue weighted by molar-refractivity contribution is 5.48. The Morgan fingerprint density at radius 3 is 2.71 bits per heavy atom. The molecule has 1 aromatic rings. The molecule has 0 N–H and O–H groups in total. The summed E-state index contributed by atoms with van der Waals surface area (Å²) in [5.41, 5.74) is 0.747. The second kappa shape index (κ2) is 4.21. The molecule has 0 amide bonds. The van der Waals surface area contributed by atoms with Crippen molar-refractivity contribution in [3.63, 3.8) is 0 Å². The van der Waals surface area contributed by atoms with Crippen LogP contribution in [-0.4, -0.2) is 19.7 Å². The summed E-state index contributed by atoms with van der Waals surface area (Å²) in [5, 5.41) is 0. The van der Waals surface area contributed by atoms with Crippen molar-refractivity contribution in [1.29, 1.82) is 0 Å². The van der Waals surface area contributed by atoms with Crippen LogP contribution in [0, 0.1) is 0 Å². The SMILES string of the molecule is O=COc1ccccc1C1OCCO1.